The highest BCUT2D eigenvalue weighted by atomic mass is 35.5. The van der Waals surface area contributed by atoms with E-state index in [1.807, 2.05) is 17.5 Å². The van der Waals surface area contributed by atoms with E-state index < -0.39 is 6.61 Å². The molecule has 0 spiro atoms. The van der Waals surface area contributed by atoms with Crippen molar-refractivity contribution >= 4 is 34.0 Å². The predicted molar refractivity (Wildman–Crippen MR) is 84.4 cm³/mol. The average molecular weight is 355 g/mol. The molecule has 23 heavy (non-hydrogen) atoms. The predicted octanol–water partition coefficient (Wildman–Crippen LogP) is 5.14. The molecule has 1 aromatic carbocycles. The zero-order chi connectivity index (χ0) is 16.2. The summed E-state index contributed by atoms with van der Waals surface area (Å²) in [5.74, 6) is 0.719. The zero-order valence-corrected chi connectivity index (χ0v) is 13.0. The van der Waals surface area contributed by atoms with Gasteiger partial charge in [0.2, 0.25) is 5.82 Å². The van der Waals surface area contributed by atoms with Crippen LogP contribution in [0.1, 0.15) is 11.5 Å². The summed E-state index contributed by atoms with van der Waals surface area (Å²) >= 11 is 7.65. The molecule has 8 heteroatoms. The van der Waals surface area contributed by atoms with Crippen LogP contribution in [0, 0.1) is 0 Å². The van der Waals surface area contributed by atoms with Crippen LogP contribution >= 0.6 is 22.9 Å². The van der Waals surface area contributed by atoms with Crippen LogP contribution in [-0.4, -0.2) is 16.8 Å². The first-order valence-corrected chi connectivity index (χ1v) is 7.67. The van der Waals surface area contributed by atoms with Gasteiger partial charge in [0.05, 0.1) is 4.88 Å². The Bertz CT molecular complexity index is 801. The van der Waals surface area contributed by atoms with Gasteiger partial charge in [0.15, 0.2) is 0 Å². The Kier molecular flexibility index (Phi) is 4.68. The lowest BCUT2D eigenvalue weighted by Gasteiger charge is -2.03. The molecule has 0 bridgehead atoms. The van der Waals surface area contributed by atoms with Crippen molar-refractivity contribution in [3.05, 3.63) is 53.2 Å². The van der Waals surface area contributed by atoms with Crippen LogP contribution in [-0.2, 0) is 0 Å². The van der Waals surface area contributed by atoms with Gasteiger partial charge < -0.3 is 9.26 Å². The van der Waals surface area contributed by atoms with E-state index >= 15 is 0 Å². The maximum atomic E-state index is 12.1. The molecular formula is C15H9ClF2N2O2S. The lowest BCUT2D eigenvalue weighted by atomic mass is 10.2. The van der Waals surface area contributed by atoms with E-state index in [9.17, 15) is 8.78 Å². The van der Waals surface area contributed by atoms with Crippen LogP contribution < -0.4 is 4.74 Å². The molecule has 0 fully saturated rings. The molecule has 0 saturated heterocycles. The van der Waals surface area contributed by atoms with E-state index in [0.29, 0.717) is 11.4 Å². The minimum atomic E-state index is -2.85. The molecule has 0 saturated carbocycles. The number of hydrogen-bond acceptors (Lipinski definition) is 5. The second-order valence-corrected chi connectivity index (χ2v) is 5.70. The fraction of sp³-hybridized carbons (Fsp3) is 0.0667. The first-order chi connectivity index (χ1) is 11.1. The minimum absolute atomic E-state index is 0.0750. The molecule has 3 rings (SSSR count). The maximum absolute atomic E-state index is 12.1. The fourth-order valence-electron chi connectivity index (χ4n) is 1.78. The lowest BCUT2D eigenvalue weighted by Crippen LogP contribution is -2.01. The van der Waals surface area contributed by atoms with E-state index in [-0.39, 0.29) is 16.7 Å². The Morgan fingerprint density at radius 2 is 2.04 bits per heavy atom. The molecule has 0 amide bonds. The van der Waals surface area contributed by atoms with Crippen molar-refractivity contribution in [1.29, 1.82) is 0 Å². The monoisotopic (exact) mass is 354 g/mol. The van der Waals surface area contributed by atoms with Gasteiger partial charge in [-0.15, -0.1) is 11.3 Å². The molecule has 118 valence electrons. The molecule has 4 nitrogen and oxygen atoms in total. The van der Waals surface area contributed by atoms with Crippen LogP contribution in [0.3, 0.4) is 0 Å². The smallest absolute Gasteiger partial charge is 0.387 e. The summed E-state index contributed by atoms with van der Waals surface area (Å²) in [4.78, 5) is 5.09. The molecular weight excluding hydrogens is 346 g/mol. The largest absolute Gasteiger partial charge is 0.435 e. The third kappa shape index (κ3) is 3.94. The third-order valence-corrected chi connectivity index (χ3v) is 3.91. The molecule has 0 unspecified atom stereocenters. The Labute approximate surface area is 139 Å². The standard InChI is InChI=1S/C15H9ClF2N2O2S/c16-11(8-9-3-5-10(6-4-9)21-15(17)18)14-19-13(20-22-14)12-2-1-7-23-12/h1-8,15H/b11-8-. The third-order valence-electron chi connectivity index (χ3n) is 2.77. The van der Waals surface area contributed by atoms with Crippen molar-refractivity contribution in [2.45, 2.75) is 6.61 Å². The summed E-state index contributed by atoms with van der Waals surface area (Å²) < 4.78 is 33.6. The topological polar surface area (TPSA) is 48.2 Å². The molecule has 2 aromatic heterocycles. The Balaban J connectivity index is 1.77. The summed E-state index contributed by atoms with van der Waals surface area (Å²) in [6.07, 6.45) is 1.60. The zero-order valence-electron chi connectivity index (χ0n) is 11.4. The Morgan fingerprint density at radius 1 is 1.26 bits per heavy atom. The number of nitrogens with zero attached hydrogens (tertiary/aromatic N) is 2. The molecule has 0 atom stereocenters. The molecule has 0 N–H and O–H groups in total. The summed E-state index contributed by atoms with van der Waals surface area (Å²) in [6, 6.07) is 9.79. The molecule has 0 radical (unpaired) electrons. The highest BCUT2D eigenvalue weighted by molar-refractivity contribution is 7.13. The van der Waals surface area contributed by atoms with Crippen LogP contribution in [0.4, 0.5) is 8.78 Å². The second kappa shape index (κ2) is 6.89. The highest BCUT2D eigenvalue weighted by Crippen LogP contribution is 2.26. The number of alkyl halides is 2. The van der Waals surface area contributed by atoms with Crippen molar-refractivity contribution < 1.29 is 18.0 Å². The van der Waals surface area contributed by atoms with E-state index in [1.54, 1.807) is 18.2 Å². The Morgan fingerprint density at radius 3 is 2.70 bits per heavy atom. The maximum Gasteiger partial charge on any atom is 0.387 e. The minimum Gasteiger partial charge on any atom is -0.435 e. The van der Waals surface area contributed by atoms with Crippen LogP contribution in [0.2, 0.25) is 0 Å². The number of ether oxygens (including phenoxy) is 1. The average Bonchev–Trinajstić information content (AvgIpc) is 3.19. The SMILES string of the molecule is FC(F)Oc1ccc(/C=C(\Cl)c2nc(-c3cccs3)no2)cc1. The summed E-state index contributed by atoms with van der Waals surface area (Å²) in [6.45, 7) is -2.85. The van der Waals surface area contributed by atoms with Crippen molar-refractivity contribution in [2.24, 2.45) is 0 Å². The van der Waals surface area contributed by atoms with E-state index in [1.165, 1.54) is 23.5 Å². The highest BCUT2D eigenvalue weighted by Gasteiger charge is 2.12. The van der Waals surface area contributed by atoms with Gasteiger partial charge in [0.1, 0.15) is 10.8 Å². The van der Waals surface area contributed by atoms with Gasteiger partial charge in [-0.2, -0.15) is 13.8 Å². The molecule has 0 aliphatic heterocycles. The van der Waals surface area contributed by atoms with Crippen molar-refractivity contribution in [1.82, 2.24) is 10.1 Å². The second-order valence-electron chi connectivity index (χ2n) is 4.34. The summed E-state index contributed by atoms with van der Waals surface area (Å²) in [5, 5.41) is 6.03. The summed E-state index contributed by atoms with van der Waals surface area (Å²) in [7, 11) is 0. The van der Waals surface area contributed by atoms with Crippen LogP contribution in [0.25, 0.3) is 21.8 Å². The first-order valence-electron chi connectivity index (χ1n) is 6.42. The lowest BCUT2D eigenvalue weighted by molar-refractivity contribution is -0.0498. The molecule has 0 aliphatic rings. The molecule has 2 heterocycles. The number of benzene rings is 1. The van der Waals surface area contributed by atoms with Crippen LogP contribution in [0.5, 0.6) is 5.75 Å². The van der Waals surface area contributed by atoms with E-state index in [2.05, 4.69) is 14.9 Å². The number of halogens is 3. The van der Waals surface area contributed by atoms with Crippen molar-refractivity contribution in [2.75, 3.05) is 0 Å². The van der Waals surface area contributed by atoms with Crippen LogP contribution in [0.15, 0.2) is 46.3 Å². The number of hydrogen-bond donors (Lipinski definition) is 0. The van der Waals surface area contributed by atoms with Gasteiger partial charge in [-0.25, -0.2) is 0 Å². The van der Waals surface area contributed by atoms with Crippen molar-refractivity contribution in [3.8, 4) is 16.5 Å². The molecule has 0 aliphatic carbocycles. The quantitative estimate of drug-likeness (QED) is 0.636. The van der Waals surface area contributed by atoms with Gasteiger partial charge in [-0.3, -0.25) is 0 Å². The summed E-state index contributed by atoms with van der Waals surface area (Å²) in [5.41, 5.74) is 0.687. The van der Waals surface area contributed by atoms with Gasteiger partial charge in [-0.05, 0) is 35.2 Å². The van der Waals surface area contributed by atoms with Gasteiger partial charge in [0, 0.05) is 0 Å². The van der Waals surface area contributed by atoms with E-state index in [0.717, 1.165) is 4.88 Å². The fourth-order valence-corrected chi connectivity index (χ4v) is 2.63. The van der Waals surface area contributed by atoms with Gasteiger partial charge in [0.25, 0.3) is 5.89 Å². The number of thiophene rings is 1. The number of aromatic nitrogens is 2. The first kappa shape index (κ1) is 15.6. The van der Waals surface area contributed by atoms with Gasteiger partial charge in [-0.1, -0.05) is 35.0 Å². The molecule has 3 aromatic rings. The van der Waals surface area contributed by atoms with E-state index in [4.69, 9.17) is 16.1 Å². The number of rotatable bonds is 5. The van der Waals surface area contributed by atoms with Crippen molar-refractivity contribution in [3.63, 3.8) is 0 Å². The normalized spacial score (nSPS) is 11.9. The van der Waals surface area contributed by atoms with Gasteiger partial charge >= 0.3 is 6.61 Å². The Hall–Kier alpha value is -2.25.